The lowest BCUT2D eigenvalue weighted by Gasteiger charge is -2.24. The molecule has 8 heteroatoms. The van der Waals surface area contributed by atoms with E-state index in [1.54, 1.807) is 19.2 Å². The maximum Gasteiger partial charge on any atom is 0.372 e. The second kappa shape index (κ2) is 6.18. The van der Waals surface area contributed by atoms with Crippen molar-refractivity contribution in [1.29, 1.82) is 0 Å². The van der Waals surface area contributed by atoms with Gasteiger partial charge in [-0.3, -0.25) is 9.78 Å². The third kappa shape index (κ3) is 2.72. The zero-order chi connectivity index (χ0) is 17.3. The van der Waals surface area contributed by atoms with Crippen molar-refractivity contribution in [2.75, 3.05) is 6.61 Å². The van der Waals surface area contributed by atoms with Crippen LogP contribution in [-0.4, -0.2) is 28.6 Å². The average Bonchev–Trinajstić information content (AvgIpc) is 2.79. The van der Waals surface area contributed by atoms with Crippen LogP contribution in [0.4, 0.5) is 0 Å². The number of halogens is 1. The topological polar surface area (TPSA) is 92.4 Å². The van der Waals surface area contributed by atoms with Gasteiger partial charge in [-0.15, -0.1) is 0 Å². The molecule has 1 aliphatic heterocycles. The molecule has 3 rings (SSSR count). The Bertz CT molecular complexity index is 827. The van der Waals surface area contributed by atoms with Gasteiger partial charge in [0.25, 0.3) is 5.91 Å². The van der Waals surface area contributed by atoms with Gasteiger partial charge < -0.3 is 15.2 Å². The summed E-state index contributed by atoms with van der Waals surface area (Å²) in [5, 5.41) is 13.7. The molecule has 0 saturated heterocycles. The number of rotatable bonds is 4. The summed E-state index contributed by atoms with van der Waals surface area (Å²) in [7, 11) is 0. The van der Waals surface area contributed by atoms with Crippen LogP contribution in [0.2, 0.25) is 5.02 Å². The number of ether oxygens (including phenoxy) is 1. The fourth-order valence-electron chi connectivity index (χ4n) is 2.67. The van der Waals surface area contributed by atoms with Crippen molar-refractivity contribution in [3.8, 4) is 0 Å². The molecule has 0 bridgehead atoms. The molecular formula is C16H15ClN3O4+. The van der Waals surface area contributed by atoms with E-state index in [0.717, 1.165) is 0 Å². The molecule has 124 valence electrons. The van der Waals surface area contributed by atoms with Crippen LogP contribution in [0.5, 0.6) is 0 Å². The maximum atomic E-state index is 12.3. The lowest BCUT2D eigenvalue weighted by atomic mass is 9.96. The summed E-state index contributed by atoms with van der Waals surface area (Å²) in [6, 6.07) is 3.11. The highest BCUT2D eigenvalue weighted by Gasteiger charge is 2.45. The largest absolute Gasteiger partial charge is 0.461 e. The Labute approximate surface area is 142 Å². The van der Waals surface area contributed by atoms with Gasteiger partial charge in [0, 0.05) is 29.6 Å². The van der Waals surface area contributed by atoms with Crippen LogP contribution in [0.3, 0.4) is 0 Å². The molecule has 1 amide bonds. The molecule has 0 radical (unpaired) electrons. The maximum absolute atomic E-state index is 12.3. The van der Waals surface area contributed by atoms with Crippen molar-refractivity contribution >= 4 is 23.5 Å². The number of aliphatic hydroxyl groups is 1. The van der Waals surface area contributed by atoms with Crippen LogP contribution in [-0.2, 0) is 21.8 Å². The SMILES string of the molecule is CCOC(=O)C[n+]1ccc2c(c1)C(=O)NC2(O)c1ccncc1Cl. The van der Waals surface area contributed by atoms with Crippen molar-refractivity contribution < 1.29 is 24.0 Å². The minimum absolute atomic E-state index is 0.0250. The predicted molar refractivity (Wildman–Crippen MR) is 83.0 cm³/mol. The molecule has 0 fully saturated rings. The third-order valence-corrected chi connectivity index (χ3v) is 4.03. The van der Waals surface area contributed by atoms with E-state index in [-0.39, 0.29) is 23.7 Å². The van der Waals surface area contributed by atoms with Crippen molar-refractivity contribution in [2.45, 2.75) is 19.2 Å². The molecule has 7 nitrogen and oxygen atoms in total. The number of hydrogen-bond acceptors (Lipinski definition) is 5. The van der Waals surface area contributed by atoms with E-state index in [4.69, 9.17) is 16.3 Å². The third-order valence-electron chi connectivity index (χ3n) is 3.73. The Hall–Kier alpha value is -2.51. The van der Waals surface area contributed by atoms with Crippen LogP contribution in [0.1, 0.15) is 28.4 Å². The minimum atomic E-state index is -1.74. The standard InChI is InChI=1S/C16H14ClN3O4/c1-2-24-14(21)9-20-6-4-11-10(8-20)15(22)19-16(11,23)12-3-5-18-7-13(12)17/h3-8,23H,2,9H2,1H3/p+1. The van der Waals surface area contributed by atoms with Gasteiger partial charge >= 0.3 is 5.97 Å². The van der Waals surface area contributed by atoms with Crippen molar-refractivity contribution in [3.63, 3.8) is 0 Å². The smallest absolute Gasteiger partial charge is 0.372 e. The molecule has 2 aromatic rings. The Balaban J connectivity index is 2.00. The quantitative estimate of drug-likeness (QED) is 0.621. The van der Waals surface area contributed by atoms with Gasteiger partial charge in [-0.25, -0.2) is 4.79 Å². The molecule has 0 aliphatic carbocycles. The summed E-state index contributed by atoms with van der Waals surface area (Å²) < 4.78 is 6.41. The molecule has 24 heavy (non-hydrogen) atoms. The number of aromatic nitrogens is 2. The number of hydrogen-bond donors (Lipinski definition) is 2. The van der Waals surface area contributed by atoms with E-state index in [0.29, 0.717) is 11.1 Å². The fourth-order valence-corrected chi connectivity index (χ4v) is 2.93. The number of pyridine rings is 2. The molecule has 0 spiro atoms. The van der Waals surface area contributed by atoms with Gasteiger partial charge in [-0.05, 0) is 13.0 Å². The van der Waals surface area contributed by atoms with E-state index < -0.39 is 17.6 Å². The Morgan fingerprint density at radius 3 is 2.96 bits per heavy atom. The molecule has 2 N–H and O–H groups in total. The zero-order valence-electron chi connectivity index (χ0n) is 12.8. The summed E-state index contributed by atoms with van der Waals surface area (Å²) in [4.78, 5) is 27.7. The second-order valence-electron chi connectivity index (χ2n) is 5.27. The van der Waals surface area contributed by atoms with E-state index in [2.05, 4.69) is 10.3 Å². The molecule has 1 unspecified atom stereocenters. The van der Waals surface area contributed by atoms with Crippen LogP contribution in [0.25, 0.3) is 0 Å². The molecule has 2 aromatic heterocycles. The van der Waals surface area contributed by atoms with Crippen LogP contribution < -0.4 is 9.88 Å². The summed E-state index contributed by atoms with van der Waals surface area (Å²) in [5.74, 6) is -0.869. The summed E-state index contributed by atoms with van der Waals surface area (Å²) in [6.45, 7) is 1.98. The summed E-state index contributed by atoms with van der Waals surface area (Å²) in [5.41, 5.74) is -0.789. The number of nitrogens with zero attached hydrogens (tertiary/aromatic N) is 2. The lowest BCUT2D eigenvalue weighted by Crippen LogP contribution is -2.40. The average molecular weight is 349 g/mol. The Morgan fingerprint density at radius 1 is 1.46 bits per heavy atom. The highest BCUT2D eigenvalue weighted by atomic mass is 35.5. The highest BCUT2D eigenvalue weighted by molar-refractivity contribution is 6.31. The zero-order valence-corrected chi connectivity index (χ0v) is 13.6. The lowest BCUT2D eigenvalue weighted by molar-refractivity contribution is -0.686. The summed E-state index contributed by atoms with van der Waals surface area (Å²) >= 11 is 6.10. The highest BCUT2D eigenvalue weighted by Crippen LogP contribution is 2.36. The molecule has 0 saturated carbocycles. The van der Waals surface area contributed by atoms with E-state index in [1.807, 2.05) is 0 Å². The van der Waals surface area contributed by atoms with Gasteiger partial charge in [0.1, 0.15) is 5.56 Å². The molecule has 1 atom stereocenters. The van der Waals surface area contributed by atoms with Gasteiger partial charge in [0.05, 0.1) is 11.6 Å². The Morgan fingerprint density at radius 2 is 2.25 bits per heavy atom. The summed E-state index contributed by atoms with van der Waals surface area (Å²) in [6.07, 6.45) is 5.96. The first-order valence-corrected chi connectivity index (χ1v) is 7.67. The van der Waals surface area contributed by atoms with E-state index in [9.17, 15) is 14.7 Å². The Kier molecular flexibility index (Phi) is 4.21. The predicted octanol–water partition coefficient (Wildman–Crippen LogP) is 0.522. The van der Waals surface area contributed by atoms with Gasteiger partial charge in [0.15, 0.2) is 18.1 Å². The van der Waals surface area contributed by atoms with Crippen molar-refractivity contribution in [1.82, 2.24) is 10.3 Å². The van der Waals surface area contributed by atoms with E-state index >= 15 is 0 Å². The monoisotopic (exact) mass is 348 g/mol. The fraction of sp³-hybridized carbons (Fsp3) is 0.250. The normalized spacial score (nSPS) is 18.9. The number of nitrogens with one attached hydrogen (secondary N) is 1. The van der Waals surface area contributed by atoms with Crippen LogP contribution >= 0.6 is 11.6 Å². The first kappa shape index (κ1) is 16.4. The van der Waals surface area contributed by atoms with E-state index in [1.165, 1.54) is 29.2 Å². The molecule has 3 heterocycles. The van der Waals surface area contributed by atoms with Gasteiger partial charge in [-0.2, -0.15) is 4.57 Å². The van der Waals surface area contributed by atoms with Crippen molar-refractivity contribution in [2.24, 2.45) is 0 Å². The van der Waals surface area contributed by atoms with Crippen LogP contribution in [0, 0.1) is 0 Å². The number of amides is 1. The molecule has 0 aromatic carbocycles. The first-order valence-electron chi connectivity index (χ1n) is 7.29. The number of esters is 1. The molecule has 1 aliphatic rings. The number of carbonyl (C=O) groups is 2. The number of fused-ring (bicyclic) bond motifs is 1. The minimum Gasteiger partial charge on any atom is -0.461 e. The van der Waals surface area contributed by atoms with Crippen LogP contribution in [0.15, 0.2) is 36.9 Å². The van der Waals surface area contributed by atoms with Crippen molar-refractivity contribution in [3.05, 3.63) is 58.6 Å². The number of carbonyl (C=O) groups excluding carboxylic acids is 2. The second-order valence-corrected chi connectivity index (χ2v) is 5.68. The van der Waals surface area contributed by atoms with Gasteiger partial charge in [0.2, 0.25) is 6.54 Å². The first-order chi connectivity index (χ1) is 11.5. The van der Waals surface area contributed by atoms with Gasteiger partial charge in [-0.1, -0.05) is 11.6 Å². The molecular weight excluding hydrogens is 334 g/mol.